The summed E-state index contributed by atoms with van der Waals surface area (Å²) in [6.45, 7) is 2.77. The third kappa shape index (κ3) is 5.78. The summed E-state index contributed by atoms with van der Waals surface area (Å²) in [6.07, 6.45) is 3.59. The average molecular weight is 380 g/mol. The molecular weight excluding hydrogens is 356 g/mol. The van der Waals surface area contributed by atoms with Crippen molar-refractivity contribution >= 4 is 17.7 Å². The molecule has 6 heteroatoms. The number of ether oxygens (including phenoxy) is 3. The summed E-state index contributed by atoms with van der Waals surface area (Å²) in [5.74, 6) is 1.27. The van der Waals surface area contributed by atoms with Gasteiger partial charge in [0.1, 0.15) is 28.9 Å². The molecular formula is C22H24N2O4. The molecule has 0 atom stereocenters. The minimum absolute atomic E-state index is 0.0236. The van der Waals surface area contributed by atoms with Gasteiger partial charge in [-0.05, 0) is 42.3 Å². The van der Waals surface area contributed by atoms with Gasteiger partial charge in [0, 0.05) is 6.07 Å². The molecule has 0 heterocycles. The van der Waals surface area contributed by atoms with Crippen molar-refractivity contribution in [2.24, 2.45) is 0 Å². The summed E-state index contributed by atoms with van der Waals surface area (Å²) in [5.41, 5.74) is 1.13. The Labute approximate surface area is 165 Å². The fourth-order valence-corrected chi connectivity index (χ4v) is 2.41. The molecule has 1 N–H and O–H groups in total. The van der Waals surface area contributed by atoms with Crippen molar-refractivity contribution in [1.29, 1.82) is 5.26 Å². The molecule has 0 aliphatic carbocycles. The van der Waals surface area contributed by atoms with Crippen molar-refractivity contribution in [2.75, 3.05) is 26.1 Å². The third-order valence-electron chi connectivity index (χ3n) is 3.98. The normalized spacial score (nSPS) is 10.7. The number of hydrogen-bond acceptors (Lipinski definition) is 5. The van der Waals surface area contributed by atoms with Crippen molar-refractivity contribution in [3.05, 3.63) is 53.6 Å². The largest absolute Gasteiger partial charge is 0.497 e. The molecule has 0 aliphatic heterocycles. The Morgan fingerprint density at radius 1 is 1.11 bits per heavy atom. The van der Waals surface area contributed by atoms with Crippen LogP contribution in [0.2, 0.25) is 0 Å². The van der Waals surface area contributed by atoms with E-state index in [-0.39, 0.29) is 5.57 Å². The Bertz CT molecular complexity index is 867. The monoisotopic (exact) mass is 380 g/mol. The molecule has 1 amide bonds. The molecule has 6 nitrogen and oxygen atoms in total. The van der Waals surface area contributed by atoms with Crippen LogP contribution in [0.4, 0.5) is 5.69 Å². The maximum atomic E-state index is 12.5. The Balaban J connectivity index is 2.14. The van der Waals surface area contributed by atoms with Crippen LogP contribution in [0, 0.1) is 11.3 Å². The average Bonchev–Trinajstić information content (AvgIpc) is 2.73. The highest BCUT2D eigenvalue weighted by Crippen LogP contribution is 2.29. The van der Waals surface area contributed by atoms with E-state index in [1.165, 1.54) is 20.3 Å². The van der Waals surface area contributed by atoms with Gasteiger partial charge in [-0.25, -0.2) is 0 Å². The zero-order chi connectivity index (χ0) is 20.4. The molecule has 0 saturated carbocycles. The van der Waals surface area contributed by atoms with Gasteiger partial charge in [0.05, 0.1) is 26.5 Å². The molecule has 0 saturated heterocycles. The fourth-order valence-electron chi connectivity index (χ4n) is 2.41. The first-order valence-electron chi connectivity index (χ1n) is 8.99. The summed E-state index contributed by atoms with van der Waals surface area (Å²) in [7, 11) is 3.03. The lowest BCUT2D eigenvalue weighted by molar-refractivity contribution is -0.112. The van der Waals surface area contributed by atoms with Crippen molar-refractivity contribution in [3.8, 4) is 23.3 Å². The van der Waals surface area contributed by atoms with Crippen LogP contribution in [-0.4, -0.2) is 26.7 Å². The zero-order valence-corrected chi connectivity index (χ0v) is 16.3. The topological polar surface area (TPSA) is 80.6 Å². The van der Waals surface area contributed by atoms with Gasteiger partial charge in [-0.2, -0.15) is 5.26 Å². The molecule has 2 aromatic rings. The van der Waals surface area contributed by atoms with Gasteiger partial charge in [-0.15, -0.1) is 0 Å². The number of carbonyl (C=O) groups excluding carboxylic acids is 1. The van der Waals surface area contributed by atoms with E-state index in [2.05, 4.69) is 12.2 Å². The van der Waals surface area contributed by atoms with E-state index in [1.54, 1.807) is 30.3 Å². The highest BCUT2D eigenvalue weighted by atomic mass is 16.5. The van der Waals surface area contributed by atoms with Crippen LogP contribution in [0.3, 0.4) is 0 Å². The minimum atomic E-state index is -0.530. The highest BCUT2D eigenvalue weighted by Gasteiger charge is 2.13. The van der Waals surface area contributed by atoms with E-state index in [1.807, 2.05) is 18.2 Å². The quantitative estimate of drug-likeness (QED) is 0.395. The molecule has 0 fully saturated rings. The van der Waals surface area contributed by atoms with Crippen molar-refractivity contribution in [3.63, 3.8) is 0 Å². The standard InChI is InChI=1S/C22H24N2O4/c1-4-5-12-28-18-8-6-16(7-9-18)13-17(15-23)22(25)24-20-14-19(26-2)10-11-21(20)27-3/h6-11,13-14H,4-5,12H2,1-3H3,(H,24,25)/b17-13+. The molecule has 0 aromatic heterocycles. The first-order chi connectivity index (χ1) is 13.6. The Kier molecular flexibility index (Phi) is 7.92. The number of methoxy groups -OCH3 is 2. The molecule has 0 bridgehead atoms. The second-order valence-electron chi connectivity index (χ2n) is 5.96. The van der Waals surface area contributed by atoms with Gasteiger partial charge in [0.15, 0.2) is 0 Å². The number of rotatable bonds is 9. The fraction of sp³-hybridized carbons (Fsp3) is 0.273. The number of nitrogens with zero attached hydrogens (tertiary/aromatic N) is 1. The number of nitriles is 1. The first kappa shape index (κ1) is 20.8. The van der Waals surface area contributed by atoms with E-state index in [0.29, 0.717) is 23.8 Å². The molecule has 0 radical (unpaired) electrons. The van der Waals surface area contributed by atoms with Gasteiger partial charge in [-0.1, -0.05) is 25.5 Å². The Hall–Kier alpha value is -3.46. The molecule has 0 spiro atoms. The number of carbonyl (C=O) groups is 1. The van der Waals surface area contributed by atoms with Gasteiger partial charge in [-0.3, -0.25) is 4.79 Å². The summed E-state index contributed by atoms with van der Waals surface area (Å²) < 4.78 is 16.0. The molecule has 2 aromatic carbocycles. The number of hydrogen-bond donors (Lipinski definition) is 1. The third-order valence-corrected chi connectivity index (χ3v) is 3.98. The number of unbranched alkanes of at least 4 members (excludes halogenated alkanes) is 1. The van der Waals surface area contributed by atoms with Crippen LogP contribution in [-0.2, 0) is 4.79 Å². The summed E-state index contributed by atoms with van der Waals surface area (Å²) in [6, 6.07) is 14.2. The van der Waals surface area contributed by atoms with Crippen molar-refractivity contribution < 1.29 is 19.0 Å². The van der Waals surface area contributed by atoms with Crippen LogP contribution in [0.15, 0.2) is 48.0 Å². The van der Waals surface area contributed by atoms with Gasteiger partial charge >= 0.3 is 0 Å². The number of benzene rings is 2. The van der Waals surface area contributed by atoms with Crippen LogP contribution >= 0.6 is 0 Å². The second-order valence-corrected chi connectivity index (χ2v) is 5.96. The van der Waals surface area contributed by atoms with Crippen molar-refractivity contribution in [1.82, 2.24) is 0 Å². The first-order valence-corrected chi connectivity index (χ1v) is 8.99. The maximum Gasteiger partial charge on any atom is 0.266 e. The second kappa shape index (κ2) is 10.6. The van der Waals surface area contributed by atoms with E-state index in [0.717, 1.165) is 24.2 Å². The van der Waals surface area contributed by atoms with E-state index in [4.69, 9.17) is 14.2 Å². The lowest BCUT2D eigenvalue weighted by Crippen LogP contribution is -2.14. The predicted molar refractivity (Wildman–Crippen MR) is 109 cm³/mol. The number of amides is 1. The maximum absolute atomic E-state index is 12.5. The van der Waals surface area contributed by atoms with Gasteiger partial charge in [0.25, 0.3) is 5.91 Å². The molecule has 0 aliphatic rings. The smallest absolute Gasteiger partial charge is 0.266 e. The van der Waals surface area contributed by atoms with Crippen LogP contribution in [0.25, 0.3) is 6.08 Å². The lowest BCUT2D eigenvalue weighted by Gasteiger charge is -2.11. The number of anilines is 1. The summed E-state index contributed by atoms with van der Waals surface area (Å²) in [4.78, 5) is 12.5. The van der Waals surface area contributed by atoms with Crippen LogP contribution < -0.4 is 19.5 Å². The minimum Gasteiger partial charge on any atom is -0.497 e. The van der Waals surface area contributed by atoms with Crippen molar-refractivity contribution in [2.45, 2.75) is 19.8 Å². The van der Waals surface area contributed by atoms with Gasteiger partial charge < -0.3 is 19.5 Å². The summed E-state index contributed by atoms with van der Waals surface area (Å²) >= 11 is 0. The van der Waals surface area contributed by atoms with Crippen LogP contribution in [0.5, 0.6) is 17.2 Å². The highest BCUT2D eigenvalue weighted by molar-refractivity contribution is 6.10. The van der Waals surface area contributed by atoms with E-state index < -0.39 is 5.91 Å². The predicted octanol–water partition coefficient (Wildman–Crippen LogP) is 4.43. The van der Waals surface area contributed by atoms with Gasteiger partial charge in [0.2, 0.25) is 0 Å². The summed E-state index contributed by atoms with van der Waals surface area (Å²) in [5, 5.41) is 12.1. The van der Waals surface area contributed by atoms with Crippen LogP contribution in [0.1, 0.15) is 25.3 Å². The number of nitrogens with one attached hydrogen (secondary N) is 1. The molecule has 2 rings (SSSR count). The molecule has 0 unspecified atom stereocenters. The Morgan fingerprint density at radius 2 is 1.82 bits per heavy atom. The molecule has 146 valence electrons. The zero-order valence-electron chi connectivity index (χ0n) is 16.3. The molecule has 28 heavy (non-hydrogen) atoms. The van der Waals surface area contributed by atoms with E-state index in [9.17, 15) is 10.1 Å². The lowest BCUT2D eigenvalue weighted by atomic mass is 10.1. The van der Waals surface area contributed by atoms with E-state index >= 15 is 0 Å². The Morgan fingerprint density at radius 3 is 2.43 bits per heavy atom. The SMILES string of the molecule is CCCCOc1ccc(/C=C(\C#N)C(=O)Nc2cc(OC)ccc2OC)cc1.